The number of hydrogen-bond acceptors (Lipinski definition) is 3. The second-order valence-corrected chi connectivity index (χ2v) is 5.83. The lowest BCUT2D eigenvalue weighted by atomic mass is 10.0. The lowest BCUT2D eigenvalue weighted by Crippen LogP contribution is -2.52. The Morgan fingerprint density at radius 1 is 1.42 bits per heavy atom. The van der Waals surface area contributed by atoms with Gasteiger partial charge in [0.05, 0.1) is 17.8 Å². The van der Waals surface area contributed by atoms with Gasteiger partial charge >= 0.3 is 5.97 Å². The Balaban J connectivity index is 2.05. The summed E-state index contributed by atoms with van der Waals surface area (Å²) in [5, 5.41) is 8.88. The Kier molecular flexibility index (Phi) is 3.92. The smallest absolute Gasteiger partial charge is 0.335 e. The van der Waals surface area contributed by atoms with Crippen molar-refractivity contribution in [2.24, 2.45) is 0 Å². The molecule has 0 amide bonds. The molecule has 1 aromatic carbocycles. The van der Waals surface area contributed by atoms with Crippen molar-refractivity contribution in [3.05, 3.63) is 35.4 Å². The minimum absolute atomic E-state index is 0.118. The van der Waals surface area contributed by atoms with E-state index in [1.165, 1.54) is 0 Å². The fraction of sp³-hybridized carbons (Fsp3) is 0.533. The van der Waals surface area contributed by atoms with Crippen LogP contribution in [0.25, 0.3) is 0 Å². The van der Waals surface area contributed by atoms with Crippen LogP contribution in [0.2, 0.25) is 0 Å². The van der Waals surface area contributed by atoms with E-state index in [4.69, 9.17) is 9.84 Å². The summed E-state index contributed by atoms with van der Waals surface area (Å²) in [5.41, 5.74) is 1.35. The lowest BCUT2D eigenvalue weighted by Gasteiger charge is -2.42. The molecule has 4 nitrogen and oxygen atoms in total. The first-order valence-electron chi connectivity index (χ1n) is 6.58. The van der Waals surface area contributed by atoms with E-state index < -0.39 is 5.97 Å². The average Bonchev–Trinajstić information content (AvgIpc) is 2.34. The number of morpholine rings is 1. The van der Waals surface area contributed by atoms with Gasteiger partial charge in [-0.05, 0) is 38.5 Å². The Hall–Kier alpha value is -1.39. The molecular weight excluding hydrogens is 242 g/mol. The molecule has 1 aromatic rings. The summed E-state index contributed by atoms with van der Waals surface area (Å²) in [7, 11) is 0. The summed E-state index contributed by atoms with van der Waals surface area (Å²) >= 11 is 0. The molecule has 0 saturated carbocycles. The zero-order valence-corrected chi connectivity index (χ0v) is 11.7. The molecule has 0 bridgehead atoms. The molecule has 4 heteroatoms. The zero-order valence-electron chi connectivity index (χ0n) is 11.7. The molecule has 0 unspecified atom stereocenters. The highest BCUT2D eigenvalue weighted by Crippen LogP contribution is 2.22. The maximum atomic E-state index is 10.8. The van der Waals surface area contributed by atoms with Crippen molar-refractivity contribution in [3.63, 3.8) is 0 Å². The fourth-order valence-electron chi connectivity index (χ4n) is 2.34. The molecule has 1 atom stereocenters. The number of rotatable bonds is 3. The quantitative estimate of drug-likeness (QED) is 0.909. The first-order chi connectivity index (χ1) is 8.87. The van der Waals surface area contributed by atoms with Crippen molar-refractivity contribution in [1.29, 1.82) is 0 Å². The Morgan fingerprint density at radius 2 is 2.05 bits per heavy atom. The molecule has 0 radical (unpaired) electrons. The second kappa shape index (κ2) is 5.31. The number of ether oxygens (including phenoxy) is 1. The minimum Gasteiger partial charge on any atom is -0.478 e. The van der Waals surface area contributed by atoms with Crippen LogP contribution in [-0.2, 0) is 11.3 Å². The highest BCUT2D eigenvalue weighted by atomic mass is 16.5. The van der Waals surface area contributed by atoms with E-state index in [2.05, 4.69) is 25.7 Å². The van der Waals surface area contributed by atoms with Gasteiger partial charge in [-0.15, -0.1) is 0 Å². The molecule has 0 aromatic heterocycles. The van der Waals surface area contributed by atoms with E-state index in [9.17, 15) is 4.79 Å². The Labute approximate surface area is 114 Å². The number of benzene rings is 1. The number of nitrogens with zero attached hydrogens (tertiary/aromatic N) is 1. The normalized spacial score (nSPS) is 23.2. The minimum atomic E-state index is -0.882. The van der Waals surface area contributed by atoms with Gasteiger partial charge in [-0.1, -0.05) is 12.1 Å². The van der Waals surface area contributed by atoms with Crippen LogP contribution in [0.5, 0.6) is 0 Å². The molecule has 19 heavy (non-hydrogen) atoms. The first-order valence-corrected chi connectivity index (χ1v) is 6.58. The molecule has 2 rings (SSSR count). The molecule has 1 saturated heterocycles. The van der Waals surface area contributed by atoms with Crippen molar-refractivity contribution in [2.45, 2.75) is 39.0 Å². The number of carboxylic acid groups (broad SMARTS) is 1. The fourth-order valence-corrected chi connectivity index (χ4v) is 2.34. The van der Waals surface area contributed by atoms with Gasteiger partial charge in [0, 0.05) is 19.1 Å². The molecule has 1 N–H and O–H groups in total. The molecular formula is C15H21NO3. The third kappa shape index (κ3) is 3.55. The van der Waals surface area contributed by atoms with Crippen LogP contribution in [0.15, 0.2) is 24.3 Å². The van der Waals surface area contributed by atoms with Gasteiger partial charge in [0.1, 0.15) is 0 Å². The van der Waals surface area contributed by atoms with Crippen LogP contribution >= 0.6 is 0 Å². The number of carboxylic acids is 1. The molecule has 1 aliphatic heterocycles. The molecule has 0 spiro atoms. The lowest BCUT2D eigenvalue weighted by molar-refractivity contribution is -0.113. The van der Waals surface area contributed by atoms with Gasteiger partial charge < -0.3 is 9.84 Å². The van der Waals surface area contributed by atoms with Crippen LogP contribution < -0.4 is 0 Å². The SMILES string of the molecule is C[C@H]1COC(C)(C)CN1Cc1ccc(C(=O)O)cc1. The van der Waals surface area contributed by atoms with E-state index in [0.29, 0.717) is 11.6 Å². The molecule has 1 aliphatic rings. The Morgan fingerprint density at radius 3 is 2.63 bits per heavy atom. The summed E-state index contributed by atoms with van der Waals surface area (Å²) in [6, 6.07) is 7.48. The number of hydrogen-bond donors (Lipinski definition) is 1. The molecule has 1 fully saturated rings. The summed E-state index contributed by atoms with van der Waals surface area (Å²) < 4.78 is 5.78. The maximum absolute atomic E-state index is 10.8. The summed E-state index contributed by atoms with van der Waals surface area (Å²) in [5.74, 6) is -0.882. The van der Waals surface area contributed by atoms with Crippen molar-refractivity contribution < 1.29 is 14.6 Å². The zero-order chi connectivity index (χ0) is 14.0. The molecule has 1 heterocycles. The van der Waals surface area contributed by atoms with E-state index in [1.54, 1.807) is 12.1 Å². The van der Waals surface area contributed by atoms with Crippen molar-refractivity contribution >= 4 is 5.97 Å². The van der Waals surface area contributed by atoms with E-state index >= 15 is 0 Å². The van der Waals surface area contributed by atoms with Gasteiger partial charge in [-0.2, -0.15) is 0 Å². The van der Waals surface area contributed by atoms with Gasteiger partial charge in [0.2, 0.25) is 0 Å². The van der Waals surface area contributed by atoms with Crippen molar-refractivity contribution in [2.75, 3.05) is 13.2 Å². The Bertz CT molecular complexity index is 453. The maximum Gasteiger partial charge on any atom is 0.335 e. The van der Waals surface area contributed by atoms with Crippen LogP contribution in [0.4, 0.5) is 0 Å². The highest BCUT2D eigenvalue weighted by molar-refractivity contribution is 5.87. The predicted molar refractivity (Wildman–Crippen MR) is 73.3 cm³/mol. The number of aromatic carboxylic acids is 1. The van der Waals surface area contributed by atoms with E-state index in [0.717, 1.165) is 25.3 Å². The number of carbonyl (C=O) groups is 1. The van der Waals surface area contributed by atoms with Crippen molar-refractivity contribution in [1.82, 2.24) is 4.90 Å². The summed E-state index contributed by atoms with van der Waals surface area (Å²) in [6.07, 6.45) is 0. The molecule has 0 aliphatic carbocycles. The van der Waals surface area contributed by atoms with Gasteiger partial charge in [0.25, 0.3) is 0 Å². The van der Waals surface area contributed by atoms with Gasteiger partial charge in [-0.3, -0.25) is 4.90 Å². The summed E-state index contributed by atoms with van der Waals surface area (Å²) in [6.45, 7) is 8.79. The largest absolute Gasteiger partial charge is 0.478 e. The third-order valence-electron chi connectivity index (χ3n) is 3.51. The van der Waals surface area contributed by atoms with Crippen molar-refractivity contribution in [3.8, 4) is 0 Å². The van der Waals surface area contributed by atoms with E-state index in [1.807, 2.05) is 12.1 Å². The van der Waals surface area contributed by atoms with Gasteiger partial charge in [-0.25, -0.2) is 4.79 Å². The van der Waals surface area contributed by atoms with Gasteiger partial charge in [0.15, 0.2) is 0 Å². The van der Waals surface area contributed by atoms with Crippen LogP contribution in [0.3, 0.4) is 0 Å². The first kappa shape index (κ1) is 14.0. The highest BCUT2D eigenvalue weighted by Gasteiger charge is 2.31. The van der Waals surface area contributed by atoms with E-state index in [-0.39, 0.29) is 5.60 Å². The topological polar surface area (TPSA) is 49.8 Å². The van der Waals surface area contributed by atoms with Crippen LogP contribution in [-0.4, -0.2) is 40.8 Å². The third-order valence-corrected chi connectivity index (χ3v) is 3.51. The second-order valence-electron chi connectivity index (χ2n) is 5.83. The predicted octanol–water partition coefficient (Wildman–Crippen LogP) is 2.38. The molecule has 104 valence electrons. The monoisotopic (exact) mass is 263 g/mol. The standard InChI is InChI=1S/C15H21NO3/c1-11-9-19-15(2,3)10-16(11)8-12-4-6-13(7-5-12)14(17)18/h4-7,11H,8-10H2,1-3H3,(H,17,18)/t11-/m0/s1. The van der Waals surface area contributed by atoms with Crippen LogP contribution in [0, 0.1) is 0 Å². The average molecular weight is 263 g/mol. The van der Waals surface area contributed by atoms with Crippen LogP contribution in [0.1, 0.15) is 36.7 Å². The summed E-state index contributed by atoms with van der Waals surface area (Å²) in [4.78, 5) is 13.2.